The summed E-state index contributed by atoms with van der Waals surface area (Å²) in [7, 11) is 0. The molecule has 1 unspecified atom stereocenters. The average molecular weight is 180 g/mol. The van der Waals surface area contributed by atoms with E-state index in [0.29, 0.717) is 16.5 Å². The fourth-order valence-corrected chi connectivity index (χ4v) is 1.38. The molecule has 0 saturated carbocycles. The van der Waals surface area contributed by atoms with E-state index in [0.717, 1.165) is 0 Å². The molecule has 1 heterocycles. The van der Waals surface area contributed by atoms with Crippen LogP contribution in [0.4, 0.5) is 4.39 Å². The van der Waals surface area contributed by atoms with Gasteiger partial charge in [-0.25, -0.2) is 4.39 Å². The van der Waals surface area contributed by atoms with Gasteiger partial charge in [-0.15, -0.1) is 0 Å². The lowest BCUT2D eigenvalue weighted by atomic mass is 10.1. The molecule has 1 aromatic heterocycles. The van der Waals surface area contributed by atoms with E-state index < -0.39 is 6.10 Å². The minimum absolute atomic E-state index is 0.359. The van der Waals surface area contributed by atoms with Crippen molar-refractivity contribution in [2.45, 2.75) is 13.0 Å². The number of furan rings is 1. The van der Waals surface area contributed by atoms with Crippen molar-refractivity contribution in [3.05, 3.63) is 35.8 Å². The molecule has 0 radical (unpaired) electrons. The maximum atomic E-state index is 13.3. The first-order chi connectivity index (χ1) is 6.20. The lowest BCUT2D eigenvalue weighted by Crippen LogP contribution is -1.89. The van der Waals surface area contributed by atoms with E-state index in [1.54, 1.807) is 19.1 Å². The third-order valence-electron chi connectivity index (χ3n) is 2.03. The number of benzene rings is 1. The van der Waals surface area contributed by atoms with Crippen LogP contribution in [-0.4, -0.2) is 5.11 Å². The van der Waals surface area contributed by atoms with Crippen LogP contribution in [0.2, 0.25) is 0 Å². The van der Waals surface area contributed by atoms with E-state index in [1.807, 2.05) is 0 Å². The van der Waals surface area contributed by atoms with Crippen LogP contribution in [0.5, 0.6) is 0 Å². The van der Waals surface area contributed by atoms with E-state index in [-0.39, 0.29) is 5.82 Å². The first kappa shape index (κ1) is 8.26. The van der Waals surface area contributed by atoms with Gasteiger partial charge in [-0.1, -0.05) is 6.07 Å². The van der Waals surface area contributed by atoms with Crippen molar-refractivity contribution >= 4 is 11.0 Å². The molecule has 1 aromatic carbocycles. The molecule has 0 amide bonds. The number of fused-ring (bicyclic) bond motifs is 1. The van der Waals surface area contributed by atoms with Gasteiger partial charge < -0.3 is 9.52 Å². The predicted octanol–water partition coefficient (Wildman–Crippen LogP) is 2.63. The number of aliphatic hydroxyl groups is 1. The largest absolute Gasteiger partial charge is 0.464 e. The maximum Gasteiger partial charge on any atom is 0.137 e. The standard InChI is InChI=1S/C10H9FO2/c1-6(12)7-5-13-9-4-2-3-8(11)10(7)9/h2-6,12H,1H3. The SMILES string of the molecule is CC(O)c1coc2cccc(F)c12. The predicted molar refractivity (Wildman–Crippen MR) is 46.8 cm³/mol. The molecule has 1 atom stereocenters. The van der Waals surface area contributed by atoms with Crippen molar-refractivity contribution in [1.29, 1.82) is 0 Å². The summed E-state index contributed by atoms with van der Waals surface area (Å²) in [5, 5.41) is 9.68. The van der Waals surface area contributed by atoms with Crippen molar-refractivity contribution in [2.75, 3.05) is 0 Å². The molecule has 0 fully saturated rings. The number of rotatable bonds is 1. The first-order valence-electron chi connectivity index (χ1n) is 4.04. The van der Waals surface area contributed by atoms with Crippen molar-refractivity contribution < 1.29 is 13.9 Å². The van der Waals surface area contributed by atoms with Crippen LogP contribution < -0.4 is 0 Å². The summed E-state index contributed by atoms with van der Waals surface area (Å²) in [5.74, 6) is -0.359. The summed E-state index contributed by atoms with van der Waals surface area (Å²) in [4.78, 5) is 0. The van der Waals surface area contributed by atoms with Gasteiger partial charge in [-0.3, -0.25) is 0 Å². The van der Waals surface area contributed by atoms with Crippen molar-refractivity contribution in [3.8, 4) is 0 Å². The fraction of sp³-hybridized carbons (Fsp3) is 0.200. The quantitative estimate of drug-likeness (QED) is 0.731. The Hall–Kier alpha value is -1.35. The third-order valence-corrected chi connectivity index (χ3v) is 2.03. The van der Waals surface area contributed by atoms with Gasteiger partial charge in [0, 0.05) is 5.56 Å². The van der Waals surface area contributed by atoms with E-state index >= 15 is 0 Å². The maximum absolute atomic E-state index is 13.3. The molecular weight excluding hydrogens is 171 g/mol. The van der Waals surface area contributed by atoms with Gasteiger partial charge in [0.05, 0.1) is 17.8 Å². The summed E-state index contributed by atoms with van der Waals surface area (Å²) in [6, 6.07) is 4.60. The summed E-state index contributed by atoms with van der Waals surface area (Å²) < 4.78 is 18.4. The number of hydrogen-bond acceptors (Lipinski definition) is 2. The topological polar surface area (TPSA) is 33.4 Å². The molecule has 3 heteroatoms. The normalized spacial score (nSPS) is 13.5. The second-order valence-electron chi connectivity index (χ2n) is 2.98. The van der Waals surface area contributed by atoms with Crippen LogP contribution >= 0.6 is 0 Å². The highest BCUT2D eigenvalue weighted by Gasteiger charge is 2.13. The number of hydrogen-bond donors (Lipinski definition) is 1. The molecule has 68 valence electrons. The Bertz CT molecular complexity index is 431. The average Bonchev–Trinajstić information content (AvgIpc) is 2.49. The van der Waals surface area contributed by atoms with Gasteiger partial charge in [0.2, 0.25) is 0 Å². The zero-order valence-corrected chi connectivity index (χ0v) is 7.12. The molecule has 1 N–H and O–H groups in total. The molecule has 0 bridgehead atoms. The lowest BCUT2D eigenvalue weighted by Gasteiger charge is -2.00. The minimum atomic E-state index is -0.710. The van der Waals surface area contributed by atoms with Crippen LogP contribution in [0, 0.1) is 5.82 Å². The van der Waals surface area contributed by atoms with Crippen LogP contribution in [0.1, 0.15) is 18.6 Å². The smallest absolute Gasteiger partial charge is 0.137 e. The van der Waals surface area contributed by atoms with Gasteiger partial charge in [0.25, 0.3) is 0 Å². The van der Waals surface area contributed by atoms with Crippen LogP contribution in [0.25, 0.3) is 11.0 Å². The molecule has 2 rings (SSSR count). The molecule has 13 heavy (non-hydrogen) atoms. The Kier molecular flexibility index (Phi) is 1.81. The minimum Gasteiger partial charge on any atom is -0.464 e. The Morgan fingerprint density at radius 3 is 2.92 bits per heavy atom. The van der Waals surface area contributed by atoms with Crippen molar-refractivity contribution in [1.82, 2.24) is 0 Å². The molecule has 0 aliphatic heterocycles. The van der Waals surface area contributed by atoms with Gasteiger partial charge >= 0.3 is 0 Å². The molecular formula is C10H9FO2. The van der Waals surface area contributed by atoms with Crippen molar-refractivity contribution in [3.63, 3.8) is 0 Å². The van der Waals surface area contributed by atoms with Crippen LogP contribution in [0.3, 0.4) is 0 Å². The van der Waals surface area contributed by atoms with Gasteiger partial charge in [-0.05, 0) is 19.1 Å². The zero-order chi connectivity index (χ0) is 9.42. The summed E-state index contributed by atoms with van der Waals surface area (Å²) in [6.45, 7) is 1.58. The Morgan fingerprint density at radius 2 is 2.23 bits per heavy atom. The first-order valence-corrected chi connectivity index (χ1v) is 4.04. The Morgan fingerprint density at radius 1 is 1.46 bits per heavy atom. The highest BCUT2D eigenvalue weighted by Crippen LogP contribution is 2.28. The molecule has 2 nitrogen and oxygen atoms in total. The van der Waals surface area contributed by atoms with E-state index in [1.165, 1.54) is 12.3 Å². The highest BCUT2D eigenvalue weighted by atomic mass is 19.1. The van der Waals surface area contributed by atoms with E-state index in [9.17, 15) is 9.50 Å². The van der Waals surface area contributed by atoms with E-state index in [2.05, 4.69) is 0 Å². The Labute approximate surface area is 74.6 Å². The summed E-state index contributed by atoms with van der Waals surface area (Å²) in [6.07, 6.45) is 0.677. The summed E-state index contributed by atoms with van der Waals surface area (Å²) in [5.41, 5.74) is 0.962. The van der Waals surface area contributed by atoms with Gasteiger partial charge in [-0.2, -0.15) is 0 Å². The summed E-state index contributed by atoms with van der Waals surface area (Å²) >= 11 is 0. The van der Waals surface area contributed by atoms with Crippen LogP contribution in [0.15, 0.2) is 28.9 Å². The highest BCUT2D eigenvalue weighted by molar-refractivity contribution is 5.81. The number of halogens is 1. The molecule has 0 aliphatic rings. The molecule has 0 spiro atoms. The van der Waals surface area contributed by atoms with Crippen molar-refractivity contribution in [2.24, 2.45) is 0 Å². The lowest BCUT2D eigenvalue weighted by molar-refractivity contribution is 0.199. The second-order valence-corrected chi connectivity index (χ2v) is 2.98. The molecule has 0 saturated heterocycles. The fourth-order valence-electron chi connectivity index (χ4n) is 1.38. The molecule has 2 aromatic rings. The molecule has 0 aliphatic carbocycles. The zero-order valence-electron chi connectivity index (χ0n) is 7.12. The number of aliphatic hydroxyl groups excluding tert-OH is 1. The van der Waals surface area contributed by atoms with Crippen LogP contribution in [-0.2, 0) is 0 Å². The Balaban J connectivity index is 2.79. The van der Waals surface area contributed by atoms with E-state index in [4.69, 9.17) is 4.42 Å². The second kappa shape index (κ2) is 2.85. The third kappa shape index (κ3) is 1.21. The van der Waals surface area contributed by atoms with Gasteiger partial charge in [0.15, 0.2) is 0 Å². The van der Waals surface area contributed by atoms with Gasteiger partial charge in [0.1, 0.15) is 11.4 Å². The monoisotopic (exact) mass is 180 g/mol.